The highest BCUT2D eigenvalue weighted by Gasteiger charge is 2.12. The molecule has 0 amide bonds. The van der Waals surface area contributed by atoms with Gasteiger partial charge in [0.15, 0.2) is 9.84 Å². The molecule has 0 fully saturated rings. The van der Waals surface area contributed by atoms with Gasteiger partial charge in [-0.05, 0) is 115 Å². The molecule has 0 heterocycles. The minimum Gasteiger partial charge on any atom is -0.224 e. The lowest BCUT2D eigenvalue weighted by Gasteiger charge is -2.14. The van der Waals surface area contributed by atoms with Crippen LogP contribution < -0.4 is 0 Å². The summed E-state index contributed by atoms with van der Waals surface area (Å²) in [5, 5.41) is 0. The maximum Gasteiger partial charge on any atom is 0.175 e. The van der Waals surface area contributed by atoms with Crippen molar-refractivity contribution in [2.75, 3.05) is 6.26 Å². The van der Waals surface area contributed by atoms with Gasteiger partial charge in [-0.25, -0.2) is 8.42 Å². The smallest absolute Gasteiger partial charge is 0.175 e. The molecule has 222 valence electrons. The van der Waals surface area contributed by atoms with Gasteiger partial charge in [0.05, 0.1) is 4.90 Å². The first-order valence-electron chi connectivity index (χ1n) is 15.3. The Balaban J connectivity index is 1.37. The number of hydrogen-bond acceptors (Lipinski definition) is 2. The van der Waals surface area contributed by atoms with Crippen molar-refractivity contribution in [1.29, 1.82) is 0 Å². The third-order valence-corrected chi connectivity index (χ3v) is 9.44. The molecule has 0 N–H and O–H groups in total. The molecular weight excluding hydrogens is 581 g/mol. The summed E-state index contributed by atoms with van der Waals surface area (Å²) in [6.45, 7) is 0. The molecule has 0 bridgehead atoms. The van der Waals surface area contributed by atoms with Crippen LogP contribution in [0.15, 0.2) is 181 Å². The molecule has 0 aliphatic heterocycles. The Morgan fingerprint density at radius 1 is 0.283 bits per heavy atom. The summed E-state index contributed by atoms with van der Waals surface area (Å²) in [5.74, 6) is 0. The second-order valence-corrected chi connectivity index (χ2v) is 13.6. The Labute approximate surface area is 271 Å². The van der Waals surface area contributed by atoms with Crippen LogP contribution in [0.25, 0.3) is 66.8 Å². The third kappa shape index (κ3) is 6.32. The Kier molecular flexibility index (Phi) is 7.92. The molecule has 46 heavy (non-hydrogen) atoms. The van der Waals surface area contributed by atoms with E-state index in [-0.39, 0.29) is 0 Å². The molecular formula is C43H32O2S. The van der Waals surface area contributed by atoms with E-state index in [1.54, 1.807) is 18.2 Å². The second-order valence-electron chi connectivity index (χ2n) is 11.6. The molecule has 0 spiro atoms. The highest BCUT2D eigenvalue weighted by molar-refractivity contribution is 7.90. The van der Waals surface area contributed by atoms with Gasteiger partial charge in [-0.3, -0.25) is 0 Å². The quantitative estimate of drug-likeness (QED) is 0.179. The van der Waals surface area contributed by atoms with Crippen LogP contribution in [0.3, 0.4) is 0 Å². The number of rotatable bonds is 7. The van der Waals surface area contributed by atoms with Crippen LogP contribution in [-0.2, 0) is 9.84 Å². The molecule has 0 aromatic heterocycles. The van der Waals surface area contributed by atoms with Gasteiger partial charge in [-0.15, -0.1) is 0 Å². The number of benzene rings is 7. The van der Waals surface area contributed by atoms with E-state index in [9.17, 15) is 8.42 Å². The fraction of sp³-hybridized carbons (Fsp3) is 0.0233. The fourth-order valence-corrected chi connectivity index (χ4v) is 6.60. The molecule has 2 nitrogen and oxygen atoms in total. The van der Waals surface area contributed by atoms with Crippen LogP contribution in [0.2, 0.25) is 0 Å². The standard InChI is InChI=1S/C43H32O2S/c1-46(44,45)43-23-11-22-39(30-43)35-18-10-21-38(26-35)42-28-40(36-19-8-16-33(24-36)31-12-4-2-5-13-31)27-41(29-42)37-20-9-17-34(25-37)32-14-6-3-7-15-32/h2-30H,1H3. The highest BCUT2D eigenvalue weighted by Crippen LogP contribution is 2.37. The third-order valence-electron chi connectivity index (χ3n) is 8.33. The van der Waals surface area contributed by atoms with Crippen molar-refractivity contribution in [2.24, 2.45) is 0 Å². The van der Waals surface area contributed by atoms with Crippen molar-refractivity contribution in [2.45, 2.75) is 4.90 Å². The van der Waals surface area contributed by atoms with Crippen molar-refractivity contribution < 1.29 is 8.42 Å². The predicted octanol–water partition coefficient (Wildman–Crippen LogP) is 11.1. The minimum absolute atomic E-state index is 0.316. The van der Waals surface area contributed by atoms with Gasteiger partial charge < -0.3 is 0 Å². The molecule has 0 unspecified atom stereocenters. The normalized spacial score (nSPS) is 11.3. The average Bonchev–Trinajstić information content (AvgIpc) is 3.12. The predicted molar refractivity (Wildman–Crippen MR) is 192 cm³/mol. The van der Waals surface area contributed by atoms with Gasteiger partial charge >= 0.3 is 0 Å². The first-order valence-corrected chi connectivity index (χ1v) is 17.2. The number of hydrogen-bond donors (Lipinski definition) is 0. The lowest BCUT2D eigenvalue weighted by molar-refractivity contribution is 0.602. The molecule has 7 aromatic carbocycles. The molecule has 0 aliphatic rings. The SMILES string of the molecule is CS(=O)(=O)c1cccc(-c2cccc(-c3cc(-c4cccc(-c5ccccc5)c4)cc(-c4cccc(-c5ccccc5)c4)c3)c2)c1. The van der Waals surface area contributed by atoms with Crippen LogP contribution in [0, 0.1) is 0 Å². The monoisotopic (exact) mass is 612 g/mol. The maximum atomic E-state index is 12.3. The van der Waals surface area contributed by atoms with E-state index in [4.69, 9.17) is 0 Å². The number of sulfone groups is 1. The average molecular weight is 613 g/mol. The van der Waals surface area contributed by atoms with E-state index >= 15 is 0 Å². The molecule has 0 atom stereocenters. The second kappa shape index (κ2) is 12.5. The molecule has 7 aromatic rings. The van der Waals surface area contributed by atoms with Gasteiger partial charge in [0, 0.05) is 6.26 Å². The Morgan fingerprint density at radius 2 is 0.543 bits per heavy atom. The molecule has 0 saturated heterocycles. The van der Waals surface area contributed by atoms with Gasteiger partial charge in [-0.2, -0.15) is 0 Å². The van der Waals surface area contributed by atoms with Gasteiger partial charge in [-0.1, -0.05) is 127 Å². The summed E-state index contributed by atoms with van der Waals surface area (Å²) in [5.41, 5.74) is 13.2. The lowest BCUT2D eigenvalue weighted by atomic mass is 9.90. The zero-order valence-electron chi connectivity index (χ0n) is 25.5. The zero-order valence-corrected chi connectivity index (χ0v) is 26.3. The topological polar surface area (TPSA) is 34.1 Å². The summed E-state index contributed by atoms with van der Waals surface area (Å²) >= 11 is 0. The van der Waals surface area contributed by atoms with Crippen LogP contribution in [-0.4, -0.2) is 14.7 Å². The lowest BCUT2D eigenvalue weighted by Crippen LogP contribution is -1.96. The van der Waals surface area contributed by atoms with Crippen molar-refractivity contribution in [3.05, 3.63) is 176 Å². The van der Waals surface area contributed by atoms with Crippen LogP contribution >= 0.6 is 0 Å². The molecule has 0 saturated carbocycles. The van der Waals surface area contributed by atoms with E-state index in [0.29, 0.717) is 4.90 Å². The van der Waals surface area contributed by atoms with Crippen LogP contribution in [0.4, 0.5) is 0 Å². The molecule has 0 radical (unpaired) electrons. The van der Waals surface area contributed by atoms with Gasteiger partial charge in [0.25, 0.3) is 0 Å². The summed E-state index contributed by atoms with van der Waals surface area (Å²) in [6.07, 6.45) is 1.25. The van der Waals surface area contributed by atoms with Gasteiger partial charge in [0.2, 0.25) is 0 Å². The van der Waals surface area contributed by atoms with E-state index in [0.717, 1.165) is 44.5 Å². The van der Waals surface area contributed by atoms with Gasteiger partial charge in [0.1, 0.15) is 0 Å². The van der Waals surface area contributed by atoms with Crippen LogP contribution in [0.1, 0.15) is 0 Å². The Morgan fingerprint density at radius 3 is 0.913 bits per heavy atom. The van der Waals surface area contributed by atoms with Crippen LogP contribution in [0.5, 0.6) is 0 Å². The highest BCUT2D eigenvalue weighted by atomic mass is 32.2. The fourth-order valence-electron chi connectivity index (χ4n) is 5.93. The maximum absolute atomic E-state index is 12.3. The zero-order chi connectivity index (χ0) is 31.5. The van der Waals surface area contributed by atoms with E-state index < -0.39 is 9.84 Å². The van der Waals surface area contributed by atoms with Crippen molar-refractivity contribution in [3.8, 4) is 66.8 Å². The summed E-state index contributed by atoms with van der Waals surface area (Å²) in [7, 11) is -3.32. The summed E-state index contributed by atoms with van der Waals surface area (Å²) in [4.78, 5) is 0.316. The first-order chi connectivity index (χ1) is 22.4. The van der Waals surface area contributed by atoms with E-state index in [2.05, 4.69) is 127 Å². The summed E-state index contributed by atoms with van der Waals surface area (Å²) < 4.78 is 24.6. The van der Waals surface area contributed by atoms with E-state index in [1.165, 1.54) is 28.5 Å². The minimum atomic E-state index is -3.32. The molecule has 0 aliphatic carbocycles. The van der Waals surface area contributed by atoms with Crippen molar-refractivity contribution in [1.82, 2.24) is 0 Å². The largest absolute Gasteiger partial charge is 0.224 e. The Hall–Kier alpha value is -5.51. The van der Waals surface area contributed by atoms with E-state index in [1.807, 2.05) is 30.3 Å². The molecule has 3 heteroatoms. The molecule has 7 rings (SSSR count). The van der Waals surface area contributed by atoms with Crippen molar-refractivity contribution >= 4 is 9.84 Å². The first kappa shape index (κ1) is 29.2. The Bertz CT molecular complexity index is 2170. The summed E-state index contributed by atoms with van der Waals surface area (Å²) in [6, 6.07) is 60.6. The van der Waals surface area contributed by atoms with Crippen molar-refractivity contribution in [3.63, 3.8) is 0 Å².